The number of piperazine rings is 1. The first-order valence-electron chi connectivity index (χ1n) is 10.3. The first kappa shape index (κ1) is 22.3. The van der Waals surface area contributed by atoms with E-state index in [1.807, 2.05) is 32.9 Å². The number of methoxy groups -OCH3 is 1. The van der Waals surface area contributed by atoms with E-state index in [4.69, 9.17) is 14.5 Å². The number of ether oxygens (including phenoxy) is 2. The molecule has 1 aromatic carbocycles. The van der Waals surface area contributed by atoms with E-state index in [1.54, 1.807) is 16.2 Å². The minimum absolute atomic E-state index is 0.106. The molecule has 1 fully saturated rings. The van der Waals surface area contributed by atoms with Gasteiger partial charge in [0.1, 0.15) is 5.60 Å². The van der Waals surface area contributed by atoms with Crippen LogP contribution >= 0.6 is 11.3 Å². The Morgan fingerprint density at radius 3 is 2.50 bits per heavy atom. The van der Waals surface area contributed by atoms with Crippen molar-refractivity contribution in [2.45, 2.75) is 59.1 Å². The van der Waals surface area contributed by atoms with Crippen LogP contribution in [0.5, 0.6) is 0 Å². The molecule has 0 aliphatic carbocycles. The topological polar surface area (TPSA) is 72.0 Å². The monoisotopic (exact) mass is 433 g/mol. The summed E-state index contributed by atoms with van der Waals surface area (Å²) < 4.78 is 11.4. The van der Waals surface area contributed by atoms with Crippen molar-refractivity contribution in [1.29, 1.82) is 0 Å². The van der Waals surface area contributed by atoms with Crippen LogP contribution in [0.15, 0.2) is 12.1 Å². The third-order valence-corrected chi connectivity index (χ3v) is 6.12. The highest BCUT2D eigenvalue weighted by Crippen LogP contribution is 2.36. The van der Waals surface area contributed by atoms with Crippen LogP contribution in [0, 0.1) is 0 Å². The van der Waals surface area contributed by atoms with Crippen molar-refractivity contribution < 1.29 is 19.1 Å². The lowest BCUT2D eigenvalue weighted by Crippen LogP contribution is -2.54. The maximum absolute atomic E-state index is 12.4. The summed E-state index contributed by atoms with van der Waals surface area (Å²) in [6, 6.07) is 3.84. The molecule has 0 N–H and O–H groups in total. The molecule has 8 heteroatoms. The zero-order valence-corrected chi connectivity index (χ0v) is 19.6. The number of hydrogen-bond acceptors (Lipinski definition) is 7. The molecule has 164 valence electrons. The fourth-order valence-electron chi connectivity index (χ4n) is 3.58. The standard InChI is InChI=1S/C22H31N3O4S/c1-13(2)16-10-15(19(26)28-7)11-17-18(16)23-20(30-17)25-9-8-24(12-14(25)3)21(27)29-22(4,5)6/h10-11,13-14H,8-9,12H2,1-7H3/t14-/m1/s1. The Morgan fingerprint density at radius 2 is 1.93 bits per heavy atom. The highest BCUT2D eigenvalue weighted by atomic mass is 32.1. The molecule has 1 amide bonds. The van der Waals surface area contributed by atoms with E-state index >= 15 is 0 Å². The van der Waals surface area contributed by atoms with Crippen LogP contribution in [0.25, 0.3) is 10.2 Å². The number of aromatic nitrogens is 1. The Balaban J connectivity index is 1.86. The number of benzene rings is 1. The number of carbonyl (C=O) groups excluding carboxylic acids is 2. The number of thiazole rings is 1. The van der Waals surface area contributed by atoms with Crippen molar-refractivity contribution in [3.05, 3.63) is 23.3 Å². The van der Waals surface area contributed by atoms with Crippen molar-refractivity contribution in [2.75, 3.05) is 31.6 Å². The van der Waals surface area contributed by atoms with Crippen molar-refractivity contribution in [3.8, 4) is 0 Å². The number of anilines is 1. The summed E-state index contributed by atoms with van der Waals surface area (Å²) in [6.45, 7) is 13.7. The van der Waals surface area contributed by atoms with Gasteiger partial charge >= 0.3 is 12.1 Å². The van der Waals surface area contributed by atoms with Gasteiger partial charge < -0.3 is 19.3 Å². The highest BCUT2D eigenvalue weighted by molar-refractivity contribution is 7.22. The summed E-state index contributed by atoms with van der Waals surface area (Å²) in [5.41, 5.74) is 2.01. The van der Waals surface area contributed by atoms with Crippen LogP contribution in [0.2, 0.25) is 0 Å². The van der Waals surface area contributed by atoms with Crippen molar-refractivity contribution in [1.82, 2.24) is 9.88 Å². The van der Waals surface area contributed by atoms with Crippen LogP contribution in [0.1, 0.15) is 63.4 Å². The van der Waals surface area contributed by atoms with Crippen molar-refractivity contribution in [2.24, 2.45) is 0 Å². The molecule has 0 spiro atoms. The number of hydrogen-bond donors (Lipinski definition) is 0. The van der Waals surface area contributed by atoms with Crippen LogP contribution in [0.4, 0.5) is 9.93 Å². The fraction of sp³-hybridized carbons (Fsp3) is 0.591. The van der Waals surface area contributed by atoms with Crippen molar-refractivity contribution >= 4 is 38.7 Å². The summed E-state index contributed by atoms with van der Waals surface area (Å²) in [7, 11) is 1.39. The second-order valence-corrected chi connectivity index (χ2v) is 10.0. The predicted octanol–water partition coefficient (Wildman–Crippen LogP) is 4.65. The zero-order chi connectivity index (χ0) is 22.2. The molecule has 0 unspecified atom stereocenters. The average Bonchev–Trinajstić information content (AvgIpc) is 3.08. The molecule has 1 aliphatic heterocycles. The van der Waals surface area contributed by atoms with Gasteiger partial charge in [-0.3, -0.25) is 0 Å². The van der Waals surface area contributed by atoms with Crippen LogP contribution in [-0.4, -0.2) is 60.3 Å². The highest BCUT2D eigenvalue weighted by Gasteiger charge is 2.31. The van der Waals surface area contributed by atoms with Gasteiger partial charge in [-0.1, -0.05) is 25.2 Å². The van der Waals surface area contributed by atoms with Gasteiger partial charge in [0, 0.05) is 25.7 Å². The van der Waals surface area contributed by atoms with Gasteiger partial charge in [-0.25, -0.2) is 14.6 Å². The summed E-state index contributed by atoms with van der Waals surface area (Å²) >= 11 is 1.57. The number of carbonyl (C=O) groups is 2. The largest absolute Gasteiger partial charge is 0.465 e. The van der Waals surface area contributed by atoms with Crippen LogP contribution in [0.3, 0.4) is 0 Å². The minimum Gasteiger partial charge on any atom is -0.465 e. The lowest BCUT2D eigenvalue weighted by Gasteiger charge is -2.40. The lowest BCUT2D eigenvalue weighted by molar-refractivity contribution is 0.0218. The molecule has 1 aliphatic rings. The van der Waals surface area contributed by atoms with Crippen LogP contribution in [-0.2, 0) is 9.47 Å². The van der Waals surface area contributed by atoms with Gasteiger partial charge in [-0.05, 0) is 51.3 Å². The number of amides is 1. The third-order valence-electron chi connectivity index (χ3n) is 5.08. The van der Waals surface area contributed by atoms with E-state index in [0.29, 0.717) is 25.2 Å². The Bertz CT molecular complexity index is 948. The average molecular weight is 434 g/mol. The predicted molar refractivity (Wildman–Crippen MR) is 120 cm³/mol. The van der Waals surface area contributed by atoms with Crippen LogP contribution < -0.4 is 4.90 Å². The summed E-state index contributed by atoms with van der Waals surface area (Å²) in [5.74, 6) is -0.110. The smallest absolute Gasteiger partial charge is 0.410 e. The molecule has 2 heterocycles. The number of rotatable bonds is 3. The van der Waals surface area contributed by atoms with E-state index in [1.165, 1.54) is 7.11 Å². The first-order chi connectivity index (χ1) is 14.0. The summed E-state index contributed by atoms with van der Waals surface area (Å²) in [5, 5.41) is 0.908. The molecule has 1 aromatic heterocycles. The van der Waals surface area contributed by atoms with Crippen molar-refractivity contribution in [3.63, 3.8) is 0 Å². The fourth-order valence-corrected chi connectivity index (χ4v) is 4.74. The Kier molecular flexibility index (Phi) is 6.26. The SMILES string of the molecule is COC(=O)c1cc(C(C)C)c2nc(N3CCN(C(=O)OC(C)(C)C)C[C@H]3C)sc2c1. The second-order valence-electron chi connectivity index (χ2n) is 9.02. The number of esters is 1. The molecule has 0 bridgehead atoms. The molecule has 0 radical (unpaired) electrons. The van der Waals surface area contributed by atoms with Gasteiger partial charge in [0.15, 0.2) is 5.13 Å². The third kappa shape index (κ3) is 4.69. The minimum atomic E-state index is -0.505. The van der Waals surface area contributed by atoms with Gasteiger partial charge in [-0.2, -0.15) is 0 Å². The Labute approximate surface area is 182 Å². The van der Waals surface area contributed by atoms with E-state index in [0.717, 1.165) is 20.9 Å². The van der Waals surface area contributed by atoms with Gasteiger partial charge in [-0.15, -0.1) is 0 Å². The molecule has 0 saturated carbocycles. The van der Waals surface area contributed by atoms with E-state index in [-0.39, 0.29) is 24.0 Å². The molecule has 7 nitrogen and oxygen atoms in total. The molecule has 3 rings (SSSR count). The van der Waals surface area contributed by atoms with E-state index in [2.05, 4.69) is 25.7 Å². The van der Waals surface area contributed by atoms with E-state index < -0.39 is 5.60 Å². The molecular formula is C22H31N3O4S. The molecule has 2 aromatic rings. The lowest BCUT2D eigenvalue weighted by atomic mass is 9.99. The molecule has 1 saturated heterocycles. The zero-order valence-electron chi connectivity index (χ0n) is 18.8. The quantitative estimate of drug-likeness (QED) is 0.656. The summed E-state index contributed by atoms with van der Waals surface area (Å²) in [6.07, 6.45) is -0.275. The number of nitrogens with zero attached hydrogens (tertiary/aromatic N) is 3. The maximum Gasteiger partial charge on any atom is 0.410 e. The summed E-state index contributed by atoms with van der Waals surface area (Å²) in [4.78, 5) is 33.4. The molecular weight excluding hydrogens is 402 g/mol. The Hall–Kier alpha value is -2.35. The number of fused-ring (bicyclic) bond motifs is 1. The van der Waals surface area contributed by atoms with Gasteiger partial charge in [0.05, 0.1) is 22.9 Å². The second kappa shape index (κ2) is 8.41. The molecule has 30 heavy (non-hydrogen) atoms. The van der Waals surface area contributed by atoms with E-state index in [9.17, 15) is 9.59 Å². The van der Waals surface area contributed by atoms with Gasteiger partial charge in [0.25, 0.3) is 0 Å². The first-order valence-corrected chi connectivity index (χ1v) is 11.1. The Morgan fingerprint density at radius 1 is 1.23 bits per heavy atom. The normalized spacial score (nSPS) is 17.5. The van der Waals surface area contributed by atoms with Gasteiger partial charge in [0.2, 0.25) is 0 Å². The maximum atomic E-state index is 12.4. The molecule has 1 atom stereocenters.